The summed E-state index contributed by atoms with van der Waals surface area (Å²) in [7, 11) is 3.84. The Hall–Kier alpha value is -1.02. The van der Waals surface area contributed by atoms with Crippen LogP contribution in [0.2, 0.25) is 0 Å². The molecule has 1 aromatic carbocycles. The van der Waals surface area contributed by atoms with Crippen molar-refractivity contribution in [3.8, 4) is 5.75 Å². The zero-order valence-corrected chi connectivity index (χ0v) is 13.3. The Balaban J connectivity index is 2.03. The number of nitrogens with one attached hydrogen (secondary N) is 1. The van der Waals surface area contributed by atoms with E-state index in [1.54, 1.807) is 7.11 Å². The molecular formula is C18H29NO. The molecule has 1 N–H and O–H groups in total. The van der Waals surface area contributed by atoms with Crippen molar-refractivity contribution in [2.45, 2.75) is 51.9 Å². The number of methoxy groups -OCH3 is 1. The summed E-state index contributed by atoms with van der Waals surface area (Å²) in [5.74, 6) is 1.05. The maximum Gasteiger partial charge on any atom is 0.122 e. The Bertz CT molecular complexity index is 421. The first-order valence-corrected chi connectivity index (χ1v) is 7.97. The van der Waals surface area contributed by atoms with Gasteiger partial charge in [0, 0.05) is 0 Å². The molecule has 0 heterocycles. The Labute approximate surface area is 123 Å². The fourth-order valence-electron chi connectivity index (χ4n) is 3.64. The fraction of sp³-hybridized carbons (Fsp3) is 0.667. The molecule has 1 aliphatic rings. The first-order chi connectivity index (χ1) is 9.69. The molecule has 0 bridgehead atoms. The van der Waals surface area contributed by atoms with E-state index in [1.165, 1.54) is 49.7 Å². The average Bonchev–Trinajstić information content (AvgIpc) is 2.92. The molecule has 0 saturated heterocycles. The maximum absolute atomic E-state index is 5.52. The molecule has 0 atom stereocenters. The largest absolute Gasteiger partial charge is 0.496 e. The Morgan fingerprint density at radius 2 is 1.95 bits per heavy atom. The van der Waals surface area contributed by atoms with Crippen molar-refractivity contribution in [2.24, 2.45) is 5.41 Å². The molecule has 1 saturated carbocycles. The van der Waals surface area contributed by atoms with Crippen molar-refractivity contribution in [1.29, 1.82) is 0 Å². The lowest BCUT2D eigenvalue weighted by Crippen LogP contribution is -2.23. The molecule has 0 radical (unpaired) electrons. The molecule has 1 aliphatic carbocycles. The number of hydrogen-bond donors (Lipinski definition) is 1. The lowest BCUT2D eigenvalue weighted by atomic mass is 9.77. The molecule has 20 heavy (non-hydrogen) atoms. The standard InChI is InChI=1S/C18H29NO/c1-15-6-7-17(20-3)16(14-15)8-11-18(12-13-19-2)9-4-5-10-18/h6-7,14,19H,4-5,8-13H2,1-3H3. The summed E-state index contributed by atoms with van der Waals surface area (Å²) in [4.78, 5) is 0. The zero-order chi connectivity index (χ0) is 14.4. The van der Waals surface area contributed by atoms with Gasteiger partial charge in [-0.1, -0.05) is 30.5 Å². The molecule has 2 rings (SSSR count). The van der Waals surface area contributed by atoms with E-state index in [1.807, 2.05) is 0 Å². The van der Waals surface area contributed by atoms with Crippen molar-refractivity contribution in [3.63, 3.8) is 0 Å². The van der Waals surface area contributed by atoms with Crippen LogP contribution in [0, 0.1) is 12.3 Å². The van der Waals surface area contributed by atoms with Crippen molar-refractivity contribution >= 4 is 0 Å². The molecule has 0 aromatic heterocycles. The Morgan fingerprint density at radius 1 is 1.20 bits per heavy atom. The van der Waals surface area contributed by atoms with Gasteiger partial charge in [-0.2, -0.15) is 0 Å². The van der Waals surface area contributed by atoms with Gasteiger partial charge in [0.05, 0.1) is 7.11 Å². The van der Waals surface area contributed by atoms with Crippen molar-refractivity contribution in [2.75, 3.05) is 20.7 Å². The SMILES string of the molecule is CNCCC1(CCc2cc(C)ccc2OC)CCCC1. The van der Waals surface area contributed by atoms with Gasteiger partial charge in [0.1, 0.15) is 5.75 Å². The number of rotatable bonds is 7. The first kappa shape index (κ1) is 15.4. The van der Waals surface area contributed by atoms with Gasteiger partial charge in [0.2, 0.25) is 0 Å². The summed E-state index contributed by atoms with van der Waals surface area (Å²) < 4.78 is 5.52. The zero-order valence-electron chi connectivity index (χ0n) is 13.3. The highest BCUT2D eigenvalue weighted by Crippen LogP contribution is 2.45. The lowest BCUT2D eigenvalue weighted by molar-refractivity contribution is 0.246. The summed E-state index contributed by atoms with van der Waals surface area (Å²) in [5, 5.41) is 3.32. The van der Waals surface area contributed by atoms with Crippen LogP contribution in [0.1, 0.15) is 49.7 Å². The van der Waals surface area contributed by atoms with E-state index in [0.29, 0.717) is 5.41 Å². The van der Waals surface area contributed by atoms with Crippen LogP contribution in [0.25, 0.3) is 0 Å². The number of benzene rings is 1. The van der Waals surface area contributed by atoms with Crippen LogP contribution in [0.4, 0.5) is 0 Å². The quantitative estimate of drug-likeness (QED) is 0.808. The predicted octanol–water partition coefficient (Wildman–Crippen LogP) is 4.11. The highest BCUT2D eigenvalue weighted by atomic mass is 16.5. The highest BCUT2D eigenvalue weighted by Gasteiger charge is 2.32. The lowest BCUT2D eigenvalue weighted by Gasteiger charge is -2.29. The van der Waals surface area contributed by atoms with Crippen molar-refractivity contribution in [1.82, 2.24) is 5.32 Å². The highest BCUT2D eigenvalue weighted by molar-refractivity contribution is 5.37. The second kappa shape index (κ2) is 7.12. The van der Waals surface area contributed by atoms with E-state index in [2.05, 4.69) is 37.5 Å². The van der Waals surface area contributed by atoms with Crippen LogP contribution < -0.4 is 10.1 Å². The minimum absolute atomic E-state index is 0.567. The van der Waals surface area contributed by atoms with Crippen molar-refractivity contribution < 1.29 is 4.74 Å². The van der Waals surface area contributed by atoms with Crippen LogP contribution in [-0.4, -0.2) is 20.7 Å². The average molecular weight is 275 g/mol. The Kier molecular flexibility index (Phi) is 5.47. The third-order valence-corrected chi connectivity index (χ3v) is 4.93. The van der Waals surface area contributed by atoms with E-state index >= 15 is 0 Å². The molecule has 0 amide bonds. The minimum Gasteiger partial charge on any atom is -0.496 e. The topological polar surface area (TPSA) is 21.3 Å². The monoisotopic (exact) mass is 275 g/mol. The second-order valence-corrected chi connectivity index (χ2v) is 6.38. The molecule has 0 aliphatic heterocycles. The molecule has 112 valence electrons. The van der Waals surface area contributed by atoms with Crippen LogP contribution in [0.15, 0.2) is 18.2 Å². The van der Waals surface area contributed by atoms with Gasteiger partial charge >= 0.3 is 0 Å². The van der Waals surface area contributed by atoms with Crippen LogP contribution in [-0.2, 0) is 6.42 Å². The first-order valence-electron chi connectivity index (χ1n) is 7.97. The number of aryl methyl sites for hydroxylation is 2. The van der Waals surface area contributed by atoms with Gasteiger partial charge in [-0.05, 0) is 69.7 Å². The fourth-order valence-corrected chi connectivity index (χ4v) is 3.64. The van der Waals surface area contributed by atoms with E-state index in [4.69, 9.17) is 4.74 Å². The third kappa shape index (κ3) is 3.76. The van der Waals surface area contributed by atoms with Gasteiger partial charge in [-0.15, -0.1) is 0 Å². The maximum atomic E-state index is 5.52. The molecule has 0 spiro atoms. The molecule has 2 nitrogen and oxygen atoms in total. The molecule has 0 unspecified atom stereocenters. The van der Waals surface area contributed by atoms with Gasteiger partial charge in [0.25, 0.3) is 0 Å². The molecule has 2 heteroatoms. The van der Waals surface area contributed by atoms with Crippen LogP contribution in [0.5, 0.6) is 5.75 Å². The van der Waals surface area contributed by atoms with E-state index in [9.17, 15) is 0 Å². The second-order valence-electron chi connectivity index (χ2n) is 6.38. The normalized spacial score (nSPS) is 17.4. The van der Waals surface area contributed by atoms with E-state index < -0.39 is 0 Å². The van der Waals surface area contributed by atoms with Gasteiger partial charge < -0.3 is 10.1 Å². The predicted molar refractivity (Wildman–Crippen MR) is 85.5 cm³/mol. The Morgan fingerprint density at radius 3 is 2.60 bits per heavy atom. The van der Waals surface area contributed by atoms with Gasteiger partial charge in [0.15, 0.2) is 0 Å². The molecule has 1 aromatic rings. The summed E-state index contributed by atoms with van der Waals surface area (Å²) in [6.07, 6.45) is 9.40. The smallest absolute Gasteiger partial charge is 0.122 e. The molecular weight excluding hydrogens is 246 g/mol. The summed E-state index contributed by atoms with van der Waals surface area (Å²) >= 11 is 0. The summed E-state index contributed by atoms with van der Waals surface area (Å²) in [6.45, 7) is 3.31. The van der Waals surface area contributed by atoms with Crippen molar-refractivity contribution in [3.05, 3.63) is 29.3 Å². The minimum atomic E-state index is 0.567. The van der Waals surface area contributed by atoms with Crippen LogP contribution >= 0.6 is 0 Å². The van der Waals surface area contributed by atoms with E-state index in [-0.39, 0.29) is 0 Å². The van der Waals surface area contributed by atoms with Crippen LogP contribution in [0.3, 0.4) is 0 Å². The number of ether oxygens (including phenoxy) is 1. The van der Waals surface area contributed by atoms with Gasteiger partial charge in [-0.3, -0.25) is 0 Å². The third-order valence-electron chi connectivity index (χ3n) is 4.93. The van der Waals surface area contributed by atoms with E-state index in [0.717, 1.165) is 18.7 Å². The summed E-state index contributed by atoms with van der Waals surface area (Å²) in [5.41, 5.74) is 3.28. The molecule has 1 fully saturated rings. The summed E-state index contributed by atoms with van der Waals surface area (Å²) in [6, 6.07) is 6.54. The van der Waals surface area contributed by atoms with Gasteiger partial charge in [-0.25, -0.2) is 0 Å². The number of hydrogen-bond acceptors (Lipinski definition) is 2.